The minimum absolute atomic E-state index is 0.0628. The molecule has 0 aliphatic heterocycles. The summed E-state index contributed by atoms with van der Waals surface area (Å²) < 4.78 is 16.9. The molecular formula is C60H116O6. The van der Waals surface area contributed by atoms with Crippen molar-refractivity contribution >= 4 is 17.9 Å². The fourth-order valence-corrected chi connectivity index (χ4v) is 9.23. The zero-order valence-electron chi connectivity index (χ0n) is 45.3. The molecule has 0 heterocycles. The molecule has 0 unspecified atom stereocenters. The fourth-order valence-electron chi connectivity index (χ4n) is 9.23. The molecule has 0 aromatic rings. The Balaban J connectivity index is 4.23. The summed E-state index contributed by atoms with van der Waals surface area (Å²) >= 11 is 0. The van der Waals surface area contributed by atoms with E-state index in [-0.39, 0.29) is 31.1 Å². The first kappa shape index (κ1) is 64.4. The number of hydrogen-bond acceptors (Lipinski definition) is 6. The van der Waals surface area contributed by atoms with E-state index < -0.39 is 6.10 Å². The van der Waals surface area contributed by atoms with Crippen LogP contribution in [-0.4, -0.2) is 37.2 Å². The van der Waals surface area contributed by atoms with Crippen molar-refractivity contribution in [1.29, 1.82) is 0 Å². The van der Waals surface area contributed by atoms with E-state index in [1.807, 2.05) is 0 Å². The molecule has 1 atom stereocenters. The van der Waals surface area contributed by atoms with Crippen LogP contribution in [0.5, 0.6) is 0 Å². The third kappa shape index (κ3) is 53.4. The molecule has 0 spiro atoms. The van der Waals surface area contributed by atoms with Crippen molar-refractivity contribution in [2.45, 2.75) is 343 Å². The summed E-state index contributed by atoms with van der Waals surface area (Å²) in [6.45, 7) is 11.4. The topological polar surface area (TPSA) is 78.9 Å². The maximum absolute atomic E-state index is 12.9. The smallest absolute Gasteiger partial charge is 0.306 e. The second kappa shape index (κ2) is 52.8. The molecule has 6 heteroatoms. The van der Waals surface area contributed by atoms with Crippen LogP contribution in [0.15, 0.2) is 0 Å². The molecule has 0 bridgehead atoms. The van der Waals surface area contributed by atoms with Crippen molar-refractivity contribution in [3.8, 4) is 0 Å². The summed E-state index contributed by atoms with van der Waals surface area (Å²) in [5, 5.41) is 0. The van der Waals surface area contributed by atoms with Gasteiger partial charge in [0.05, 0.1) is 0 Å². The van der Waals surface area contributed by atoms with E-state index in [9.17, 15) is 14.4 Å². The fraction of sp³-hybridized carbons (Fsp3) is 0.950. The van der Waals surface area contributed by atoms with Gasteiger partial charge in [-0.1, -0.05) is 298 Å². The Morgan fingerprint density at radius 3 is 0.742 bits per heavy atom. The maximum Gasteiger partial charge on any atom is 0.306 e. The Morgan fingerprint density at radius 1 is 0.288 bits per heavy atom. The largest absolute Gasteiger partial charge is 0.462 e. The highest BCUT2D eigenvalue weighted by atomic mass is 16.6. The van der Waals surface area contributed by atoms with Crippen molar-refractivity contribution in [1.82, 2.24) is 0 Å². The second-order valence-corrected chi connectivity index (χ2v) is 21.6. The monoisotopic (exact) mass is 933 g/mol. The van der Waals surface area contributed by atoms with Crippen molar-refractivity contribution in [3.05, 3.63) is 0 Å². The zero-order chi connectivity index (χ0) is 48.2. The molecule has 0 saturated carbocycles. The maximum atomic E-state index is 12.9. The molecule has 0 aromatic heterocycles. The highest BCUT2D eigenvalue weighted by molar-refractivity contribution is 5.71. The average molecular weight is 934 g/mol. The SMILES string of the molecule is CCCCCCCCCCCCCCCCCCC(=O)OC[C@@H](COC(=O)CCCCCCCCCCC(C)C)OC(=O)CCCCCCCCCCCCCCCCCCCCC(C)C. The van der Waals surface area contributed by atoms with Gasteiger partial charge in [-0.2, -0.15) is 0 Å². The lowest BCUT2D eigenvalue weighted by molar-refractivity contribution is -0.167. The van der Waals surface area contributed by atoms with Gasteiger partial charge in [-0.15, -0.1) is 0 Å². The van der Waals surface area contributed by atoms with Gasteiger partial charge < -0.3 is 14.2 Å². The van der Waals surface area contributed by atoms with Crippen LogP contribution >= 0.6 is 0 Å². The Morgan fingerprint density at radius 2 is 0.500 bits per heavy atom. The van der Waals surface area contributed by atoms with Gasteiger partial charge in [0.25, 0.3) is 0 Å². The molecule has 0 rings (SSSR count). The lowest BCUT2D eigenvalue weighted by Crippen LogP contribution is -2.30. The van der Waals surface area contributed by atoms with Gasteiger partial charge in [-0.3, -0.25) is 14.4 Å². The van der Waals surface area contributed by atoms with Gasteiger partial charge in [0.2, 0.25) is 0 Å². The van der Waals surface area contributed by atoms with Crippen LogP contribution in [0.2, 0.25) is 0 Å². The zero-order valence-corrected chi connectivity index (χ0v) is 45.3. The molecule has 0 aliphatic rings. The van der Waals surface area contributed by atoms with Crippen LogP contribution in [0.4, 0.5) is 0 Å². The average Bonchev–Trinajstić information content (AvgIpc) is 3.29. The molecule has 392 valence electrons. The summed E-state index contributed by atoms with van der Waals surface area (Å²) in [5.74, 6) is 0.815. The van der Waals surface area contributed by atoms with Crippen molar-refractivity contribution in [3.63, 3.8) is 0 Å². The first-order valence-electron chi connectivity index (χ1n) is 29.7. The van der Waals surface area contributed by atoms with E-state index in [1.165, 1.54) is 225 Å². The van der Waals surface area contributed by atoms with Crippen LogP contribution in [0.3, 0.4) is 0 Å². The summed E-state index contributed by atoms with van der Waals surface area (Å²) in [4.78, 5) is 38.1. The summed E-state index contributed by atoms with van der Waals surface area (Å²) in [6, 6.07) is 0. The molecule has 6 nitrogen and oxygen atoms in total. The molecule has 0 aliphatic carbocycles. The number of carbonyl (C=O) groups excluding carboxylic acids is 3. The molecule has 0 fully saturated rings. The van der Waals surface area contributed by atoms with Crippen LogP contribution in [0.25, 0.3) is 0 Å². The van der Waals surface area contributed by atoms with E-state index in [0.717, 1.165) is 69.6 Å². The molecule has 0 radical (unpaired) electrons. The molecule has 0 N–H and O–H groups in total. The first-order valence-corrected chi connectivity index (χ1v) is 29.7. The van der Waals surface area contributed by atoms with Crippen LogP contribution in [-0.2, 0) is 28.6 Å². The number of unbranched alkanes of at least 4 members (excludes halogenated alkanes) is 39. The van der Waals surface area contributed by atoms with Gasteiger partial charge in [0.1, 0.15) is 13.2 Å². The normalized spacial score (nSPS) is 12.0. The second-order valence-electron chi connectivity index (χ2n) is 21.6. The van der Waals surface area contributed by atoms with E-state index in [2.05, 4.69) is 34.6 Å². The predicted molar refractivity (Wildman–Crippen MR) is 284 cm³/mol. The van der Waals surface area contributed by atoms with Crippen molar-refractivity contribution in [2.75, 3.05) is 13.2 Å². The summed E-state index contributed by atoms with van der Waals surface area (Å²) in [7, 11) is 0. The molecule has 66 heavy (non-hydrogen) atoms. The lowest BCUT2D eigenvalue weighted by atomic mass is 10.0. The minimum atomic E-state index is -0.763. The van der Waals surface area contributed by atoms with Crippen LogP contribution in [0, 0.1) is 11.8 Å². The van der Waals surface area contributed by atoms with Crippen LogP contribution in [0.1, 0.15) is 336 Å². The van der Waals surface area contributed by atoms with E-state index in [4.69, 9.17) is 14.2 Å². The molecule has 0 amide bonds. The minimum Gasteiger partial charge on any atom is -0.462 e. The summed E-state index contributed by atoms with van der Waals surface area (Å²) in [6.07, 6.45) is 56.8. The van der Waals surface area contributed by atoms with E-state index >= 15 is 0 Å². The van der Waals surface area contributed by atoms with Crippen molar-refractivity contribution < 1.29 is 28.6 Å². The van der Waals surface area contributed by atoms with E-state index in [0.29, 0.717) is 19.3 Å². The number of ether oxygens (including phenoxy) is 3. The first-order chi connectivity index (χ1) is 32.2. The molecule has 0 aromatic carbocycles. The number of rotatable bonds is 54. The Bertz CT molecular complexity index is 1010. The van der Waals surface area contributed by atoms with Gasteiger partial charge in [0, 0.05) is 19.3 Å². The Hall–Kier alpha value is -1.59. The highest BCUT2D eigenvalue weighted by Gasteiger charge is 2.19. The third-order valence-electron chi connectivity index (χ3n) is 13.7. The van der Waals surface area contributed by atoms with Gasteiger partial charge in [-0.05, 0) is 31.1 Å². The van der Waals surface area contributed by atoms with Gasteiger partial charge in [0.15, 0.2) is 6.10 Å². The predicted octanol–water partition coefficient (Wildman–Crippen LogP) is 19.7. The third-order valence-corrected chi connectivity index (χ3v) is 13.7. The number of esters is 3. The lowest BCUT2D eigenvalue weighted by Gasteiger charge is -2.18. The van der Waals surface area contributed by atoms with Gasteiger partial charge >= 0.3 is 17.9 Å². The summed E-state index contributed by atoms with van der Waals surface area (Å²) in [5.41, 5.74) is 0. The number of carbonyl (C=O) groups is 3. The highest BCUT2D eigenvalue weighted by Crippen LogP contribution is 2.18. The Labute approximate surface area is 412 Å². The Kier molecular flexibility index (Phi) is 51.5. The molecule has 0 saturated heterocycles. The van der Waals surface area contributed by atoms with E-state index in [1.54, 1.807) is 0 Å². The van der Waals surface area contributed by atoms with Crippen LogP contribution < -0.4 is 0 Å². The standard InChI is InChI=1S/C60H116O6/c1-6-7-8-9-10-11-12-13-14-20-23-26-29-35-40-45-50-58(61)64-53-57(54-65-59(62)51-46-41-36-32-31-34-39-44-49-56(4)5)66-60(63)52-47-42-37-30-27-24-21-18-16-15-17-19-22-25-28-33-38-43-48-55(2)3/h55-57H,6-54H2,1-5H3/t57-/m0/s1. The quantitative estimate of drug-likeness (QED) is 0.0343. The van der Waals surface area contributed by atoms with Crippen molar-refractivity contribution in [2.24, 2.45) is 11.8 Å². The molecular weight excluding hydrogens is 817 g/mol. The van der Waals surface area contributed by atoms with Gasteiger partial charge in [-0.25, -0.2) is 0 Å². The number of hydrogen-bond donors (Lipinski definition) is 0.